The lowest BCUT2D eigenvalue weighted by Crippen LogP contribution is -2.21. The van der Waals surface area contributed by atoms with Crippen LogP contribution in [0.4, 0.5) is 24.5 Å². The number of anilines is 1. The standard InChI is InChI=1S/C17H13F3N6O3/c1-10-13(6-3-7-14(10)26(28)29)21-15(27)9-25-23-16(22-24-25)11-4-2-5-12(8-11)17(18,19)20/h2-8H,9H2,1H3,(H,21,27). The minimum absolute atomic E-state index is 0.0737. The Bertz CT molecular complexity index is 1080. The molecule has 1 amide bonds. The zero-order valence-electron chi connectivity index (χ0n) is 14.8. The molecule has 3 rings (SSSR count). The topological polar surface area (TPSA) is 116 Å². The SMILES string of the molecule is Cc1c(NC(=O)Cn2nnc(-c3cccc(C(F)(F)F)c3)n2)cccc1[N+](=O)[O-]. The van der Waals surface area contributed by atoms with Crippen LogP contribution in [0.3, 0.4) is 0 Å². The maximum atomic E-state index is 12.8. The van der Waals surface area contributed by atoms with E-state index in [1.807, 2.05) is 0 Å². The lowest BCUT2D eigenvalue weighted by molar-refractivity contribution is -0.385. The summed E-state index contributed by atoms with van der Waals surface area (Å²) in [5.41, 5.74) is -0.371. The molecular formula is C17H13F3N6O3. The number of carbonyl (C=O) groups excluding carboxylic acids is 1. The number of nitro benzene ring substituents is 1. The lowest BCUT2D eigenvalue weighted by atomic mass is 10.1. The monoisotopic (exact) mass is 406 g/mol. The van der Waals surface area contributed by atoms with Crippen molar-refractivity contribution in [1.82, 2.24) is 20.2 Å². The van der Waals surface area contributed by atoms with Crippen LogP contribution in [0.1, 0.15) is 11.1 Å². The van der Waals surface area contributed by atoms with Gasteiger partial charge in [0.1, 0.15) is 6.54 Å². The predicted molar refractivity (Wildman–Crippen MR) is 94.7 cm³/mol. The molecule has 1 N–H and O–H groups in total. The number of hydrogen-bond donors (Lipinski definition) is 1. The second-order valence-corrected chi connectivity index (χ2v) is 5.98. The number of nitro groups is 1. The quantitative estimate of drug-likeness (QED) is 0.514. The van der Waals surface area contributed by atoms with Crippen LogP contribution >= 0.6 is 0 Å². The minimum atomic E-state index is -4.51. The number of tetrazole rings is 1. The molecule has 0 bridgehead atoms. The van der Waals surface area contributed by atoms with Crippen LogP contribution < -0.4 is 5.32 Å². The van der Waals surface area contributed by atoms with Gasteiger partial charge in [0.25, 0.3) is 5.69 Å². The molecule has 3 aromatic rings. The first kappa shape index (κ1) is 19.9. The number of rotatable bonds is 5. The highest BCUT2D eigenvalue weighted by molar-refractivity contribution is 5.91. The third kappa shape index (κ3) is 4.54. The Hall–Kier alpha value is -3.83. The molecule has 0 aliphatic carbocycles. The van der Waals surface area contributed by atoms with E-state index in [-0.39, 0.29) is 34.9 Å². The average Bonchev–Trinajstić information content (AvgIpc) is 3.11. The summed E-state index contributed by atoms with van der Waals surface area (Å²) >= 11 is 0. The number of nitrogens with zero attached hydrogens (tertiary/aromatic N) is 5. The van der Waals surface area contributed by atoms with Gasteiger partial charge < -0.3 is 5.32 Å². The summed E-state index contributed by atoms with van der Waals surface area (Å²) in [5, 5.41) is 24.7. The molecule has 12 heteroatoms. The normalized spacial score (nSPS) is 11.3. The minimum Gasteiger partial charge on any atom is -0.324 e. The van der Waals surface area contributed by atoms with E-state index in [0.29, 0.717) is 0 Å². The summed E-state index contributed by atoms with van der Waals surface area (Å²) in [6, 6.07) is 8.66. The predicted octanol–water partition coefficient (Wildman–Crippen LogP) is 3.21. The first-order valence-electron chi connectivity index (χ1n) is 8.14. The van der Waals surface area contributed by atoms with Gasteiger partial charge in [-0.25, -0.2) is 0 Å². The van der Waals surface area contributed by atoms with Gasteiger partial charge in [-0.15, -0.1) is 10.2 Å². The second kappa shape index (κ2) is 7.66. The van der Waals surface area contributed by atoms with Crippen molar-refractivity contribution >= 4 is 17.3 Å². The number of halogens is 3. The third-order valence-corrected chi connectivity index (χ3v) is 3.96. The van der Waals surface area contributed by atoms with Crippen molar-refractivity contribution in [1.29, 1.82) is 0 Å². The molecule has 0 fully saturated rings. The van der Waals surface area contributed by atoms with Gasteiger partial charge >= 0.3 is 6.18 Å². The number of nitrogens with one attached hydrogen (secondary N) is 1. The van der Waals surface area contributed by atoms with Crippen molar-refractivity contribution in [3.63, 3.8) is 0 Å². The van der Waals surface area contributed by atoms with Crippen molar-refractivity contribution in [2.24, 2.45) is 0 Å². The summed E-state index contributed by atoms with van der Waals surface area (Å²) in [5.74, 6) is -0.656. The Morgan fingerprint density at radius 2 is 1.97 bits per heavy atom. The van der Waals surface area contributed by atoms with E-state index in [0.717, 1.165) is 16.9 Å². The molecule has 1 heterocycles. The van der Waals surface area contributed by atoms with Gasteiger partial charge in [-0.3, -0.25) is 14.9 Å². The molecule has 0 unspecified atom stereocenters. The lowest BCUT2D eigenvalue weighted by Gasteiger charge is -2.08. The zero-order chi connectivity index (χ0) is 21.2. The highest BCUT2D eigenvalue weighted by Gasteiger charge is 2.30. The van der Waals surface area contributed by atoms with E-state index in [2.05, 4.69) is 20.7 Å². The number of aromatic nitrogens is 4. The van der Waals surface area contributed by atoms with E-state index in [1.54, 1.807) is 0 Å². The molecule has 0 aliphatic heterocycles. The molecule has 29 heavy (non-hydrogen) atoms. The number of amides is 1. The van der Waals surface area contributed by atoms with Crippen LogP contribution in [0.2, 0.25) is 0 Å². The maximum Gasteiger partial charge on any atom is 0.416 e. The molecule has 0 atom stereocenters. The van der Waals surface area contributed by atoms with Gasteiger partial charge in [-0.05, 0) is 30.3 Å². The van der Waals surface area contributed by atoms with E-state index in [9.17, 15) is 28.1 Å². The number of hydrogen-bond acceptors (Lipinski definition) is 6. The van der Waals surface area contributed by atoms with Gasteiger partial charge in [-0.2, -0.15) is 18.0 Å². The van der Waals surface area contributed by atoms with Crippen LogP contribution in [0, 0.1) is 17.0 Å². The summed E-state index contributed by atoms with van der Waals surface area (Å²) in [4.78, 5) is 23.5. The van der Waals surface area contributed by atoms with Gasteiger partial charge in [0.05, 0.1) is 21.7 Å². The van der Waals surface area contributed by atoms with E-state index >= 15 is 0 Å². The second-order valence-electron chi connectivity index (χ2n) is 5.98. The Kier molecular flexibility index (Phi) is 5.26. The fraction of sp³-hybridized carbons (Fsp3) is 0.176. The molecule has 0 spiro atoms. The van der Waals surface area contributed by atoms with Crippen molar-refractivity contribution < 1.29 is 22.9 Å². The van der Waals surface area contributed by atoms with Gasteiger partial charge in [0.15, 0.2) is 0 Å². The number of benzene rings is 2. The molecule has 1 aromatic heterocycles. The molecule has 0 saturated carbocycles. The maximum absolute atomic E-state index is 12.8. The van der Waals surface area contributed by atoms with Gasteiger partial charge in [-0.1, -0.05) is 18.2 Å². The van der Waals surface area contributed by atoms with E-state index in [1.165, 1.54) is 37.3 Å². The fourth-order valence-electron chi connectivity index (χ4n) is 2.54. The van der Waals surface area contributed by atoms with Gasteiger partial charge in [0, 0.05) is 11.6 Å². The van der Waals surface area contributed by atoms with Crippen molar-refractivity contribution in [3.8, 4) is 11.4 Å². The molecule has 2 aromatic carbocycles. The van der Waals surface area contributed by atoms with Crippen LogP contribution in [0.25, 0.3) is 11.4 Å². The van der Waals surface area contributed by atoms with Crippen LogP contribution in [-0.2, 0) is 17.5 Å². The molecular weight excluding hydrogens is 393 g/mol. The first-order valence-corrected chi connectivity index (χ1v) is 8.14. The summed E-state index contributed by atoms with van der Waals surface area (Å²) in [6.45, 7) is 1.11. The summed E-state index contributed by atoms with van der Waals surface area (Å²) < 4.78 is 38.5. The van der Waals surface area contributed by atoms with Crippen LogP contribution in [-0.4, -0.2) is 31.0 Å². The van der Waals surface area contributed by atoms with E-state index < -0.39 is 22.6 Å². The van der Waals surface area contributed by atoms with Crippen molar-refractivity contribution in [2.75, 3.05) is 5.32 Å². The third-order valence-electron chi connectivity index (χ3n) is 3.96. The first-order chi connectivity index (χ1) is 13.6. The molecule has 0 saturated heterocycles. The van der Waals surface area contributed by atoms with Crippen LogP contribution in [0.5, 0.6) is 0 Å². The van der Waals surface area contributed by atoms with E-state index in [4.69, 9.17) is 0 Å². The van der Waals surface area contributed by atoms with Gasteiger partial charge in [0.2, 0.25) is 11.7 Å². The zero-order valence-corrected chi connectivity index (χ0v) is 14.8. The van der Waals surface area contributed by atoms with Crippen molar-refractivity contribution in [3.05, 3.63) is 63.7 Å². The summed E-state index contributed by atoms with van der Waals surface area (Å²) in [6.07, 6.45) is -4.51. The molecule has 150 valence electrons. The molecule has 9 nitrogen and oxygen atoms in total. The molecule has 0 radical (unpaired) electrons. The average molecular weight is 406 g/mol. The fourth-order valence-corrected chi connectivity index (χ4v) is 2.54. The Morgan fingerprint density at radius 1 is 1.24 bits per heavy atom. The Labute approximate surface area is 161 Å². The smallest absolute Gasteiger partial charge is 0.324 e. The molecule has 0 aliphatic rings. The Morgan fingerprint density at radius 3 is 2.66 bits per heavy atom. The Balaban J connectivity index is 1.73. The highest BCUT2D eigenvalue weighted by Crippen LogP contribution is 2.31. The highest BCUT2D eigenvalue weighted by atomic mass is 19.4. The summed E-state index contributed by atoms with van der Waals surface area (Å²) in [7, 11) is 0. The van der Waals surface area contributed by atoms with Crippen molar-refractivity contribution in [2.45, 2.75) is 19.6 Å². The van der Waals surface area contributed by atoms with Crippen LogP contribution in [0.15, 0.2) is 42.5 Å². The number of alkyl halides is 3. The number of carbonyl (C=O) groups is 1. The largest absolute Gasteiger partial charge is 0.416 e.